The molecule has 0 spiro atoms. The van der Waals surface area contributed by atoms with Gasteiger partial charge in [0.25, 0.3) is 5.91 Å². The Morgan fingerprint density at radius 2 is 1.75 bits per heavy atom. The van der Waals surface area contributed by atoms with Crippen LogP contribution in [0, 0.1) is 11.8 Å². The van der Waals surface area contributed by atoms with Crippen molar-refractivity contribution in [1.29, 1.82) is 0 Å². The summed E-state index contributed by atoms with van der Waals surface area (Å²) >= 11 is 0. The SMILES string of the molecule is CCC(C)S(=O)(=O)CC1CCC(CCc2cccc(C(=O)NC(C)C)c2)CC1. The number of sulfone groups is 1. The Balaban J connectivity index is 1.80. The van der Waals surface area contributed by atoms with Gasteiger partial charge in [0.05, 0.1) is 11.0 Å². The van der Waals surface area contributed by atoms with E-state index in [1.54, 1.807) is 0 Å². The molecule has 1 N–H and O–H groups in total. The second-order valence-electron chi connectivity index (χ2n) is 8.80. The van der Waals surface area contributed by atoms with E-state index in [1.165, 1.54) is 5.56 Å². The summed E-state index contributed by atoms with van der Waals surface area (Å²) in [7, 11) is -2.94. The zero-order chi connectivity index (χ0) is 20.7. The van der Waals surface area contributed by atoms with Crippen molar-refractivity contribution < 1.29 is 13.2 Å². The molecule has 1 aromatic carbocycles. The molecule has 0 heterocycles. The van der Waals surface area contributed by atoms with E-state index < -0.39 is 9.84 Å². The van der Waals surface area contributed by atoms with Crippen LogP contribution in [-0.4, -0.2) is 31.4 Å². The number of hydrogen-bond donors (Lipinski definition) is 1. The molecule has 28 heavy (non-hydrogen) atoms. The number of carbonyl (C=O) groups is 1. The smallest absolute Gasteiger partial charge is 0.251 e. The summed E-state index contributed by atoms with van der Waals surface area (Å²) < 4.78 is 24.7. The molecule has 5 heteroatoms. The molecule has 0 saturated heterocycles. The fourth-order valence-corrected chi connectivity index (χ4v) is 5.84. The first-order valence-corrected chi connectivity index (χ1v) is 12.5. The zero-order valence-corrected chi connectivity index (χ0v) is 18.7. The molecular weight excluding hydrogens is 370 g/mol. The van der Waals surface area contributed by atoms with Crippen LogP contribution in [0.25, 0.3) is 0 Å². The van der Waals surface area contributed by atoms with Crippen LogP contribution in [0.1, 0.15) is 82.1 Å². The molecule has 1 unspecified atom stereocenters. The Hall–Kier alpha value is -1.36. The van der Waals surface area contributed by atoms with Crippen molar-refractivity contribution >= 4 is 15.7 Å². The fraction of sp³-hybridized carbons (Fsp3) is 0.696. The third-order valence-corrected chi connectivity index (χ3v) is 8.57. The second kappa shape index (κ2) is 10.4. The molecule has 1 aliphatic rings. The molecular formula is C23H37NO3S. The zero-order valence-electron chi connectivity index (χ0n) is 17.9. The lowest BCUT2D eigenvalue weighted by atomic mass is 9.80. The number of nitrogens with one attached hydrogen (secondary N) is 1. The number of benzene rings is 1. The first-order valence-electron chi connectivity index (χ1n) is 10.8. The number of rotatable bonds is 9. The lowest BCUT2D eigenvalue weighted by Crippen LogP contribution is -2.30. The van der Waals surface area contributed by atoms with E-state index in [9.17, 15) is 13.2 Å². The van der Waals surface area contributed by atoms with E-state index in [0.29, 0.717) is 24.0 Å². The molecule has 0 aliphatic heterocycles. The highest BCUT2D eigenvalue weighted by atomic mass is 32.2. The molecule has 1 aliphatic carbocycles. The number of hydrogen-bond acceptors (Lipinski definition) is 3. The van der Waals surface area contributed by atoms with Crippen LogP contribution in [0.3, 0.4) is 0 Å². The molecule has 0 aromatic heterocycles. The average molecular weight is 408 g/mol. The highest BCUT2D eigenvalue weighted by molar-refractivity contribution is 7.92. The van der Waals surface area contributed by atoms with Crippen molar-refractivity contribution in [2.24, 2.45) is 11.8 Å². The standard InChI is InChI=1S/C23H37NO3S/c1-5-18(4)28(26,27)16-21-13-10-19(11-14-21)9-12-20-7-6-8-22(15-20)23(25)24-17(2)3/h6-8,15,17-19,21H,5,9-14,16H2,1-4H3,(H,24,25). The lowest BCUT2D eigenvalue weighted by molar-refractivity contribution is 0.0943. The number of carbonyl (C=O) groups excluding carboxylic acids is 1. The summed E-state index contributed by atoms with van der Waals surface area (Å²) in [6, 6.07) is 8.06. The third kappa shape index (κ3) is 6.91. The van der Waals surface area contributed by atoms with Gasteiger partial charge in [-0.3, -0.25) is 4.79 Å². The van der Waals surface area contributed by atoms with Crippen LogP contribution in [0.5, 0.6) is 0 Å². The first-order chi connectivity index (χ1) is 13.2. The monoisotopic (exact) mass is 407 g/mol. The van der Waals surface area contributed by atoms with Gasteiger partial charge >= 0.3 is 0 Å². The van der Waals surface area contributed by atoms with E-state index in [1.807, 2.05) is 45.9 Å². The molecule has 1 fully saturated rings. The van der Waals surface area contributed by atoms with Gasteiger partial charge in [0.1, 0.15) is 0 Å². The molecule has 0 bridgehead atoms. The average Bonchev–Trinajstić information content (AvgIpc) is 2.66. The summed E-state index contributed by atoms with van der Waals surface area (Å²) in [5.74, 6) is 1.34. The fourth-order valence-electron chi connectivity index (χ4n) is 4.02. The largest absolute Gasteiger partial charge is 0.350 e. The minimum Gasteiger partial charge on any atom is -0.350 e. The minimum atomic E-state index is -2.94. The van der Waals surface area contributed by atoms with Crippen molar-refractivity contribution in [3.63, 3.8) is 0 Å². The van der Waals surface area contributed by atoms with Gasteiger partial charge in [-0.1, -0.05) is 31.9 Å². The molecule has 1 saturated carbocycles. The van der Waals surface area contributed by atoms with Crippen LogP contribution >= 0.6 is 0 Å². The topological polar surface area (TPSA) is 63.2 Å². The predicted molar refractivity (Wildman–Crippen MR) is 116 cm³/mol. The van der Waals surface area contributed by atoms with E-state index in [4.69, 9.17) is 0 Å². The van der Waals surface area contributed by atoms with Gasteiger partial charge in [0.15, 0.2) is 9.84 Å². The van der Waals surface area contributed by atoms with Crippen LogP contribution in [0.4, 0.5) is 0 Å². The van der Waals surface area contributed by atoms with Crippen molar-refractivity contribution in [3.05, 3.63) is 35.4 Å². The molecule has 2 rings (SSSR count). The molecule has 1 atom stereocenters. The molecule has 1 aromatic rings. The Bertz CT molecular complexity index is 734. The molecule has 158 valence electrons. The predicted octanol–water partition coefficient (Wildman–Crippen LogP) is 4.78. The van der Waals surface area contributed by atoms with Crippen LogP contribution in [0.15, 0.2) is 24.3 Å². The van der Waals surface area contributed by atoms with Gasteiger partial charge < -0.3 is 5.32 Å². The van der Waals surface area contributed by atoms with Crippen LogP contribution in [-0.2, 0) is 16.3 Å². The second-order valence-corrected chi connectivity index (χ2v) is 11.3. The van der Waals surface area contributed by atoms with Gasteiger partial charge in [-0.25, -0.2) is 8.42 Å². The first kappa shape index (κ1) is 22.9. The highest BCUT2D eigenvalue weighted by Gasteiger charge is 2.28. The Kier molecular flexibility index (Phi) is 8.54. The van der Waals surface area contributed by atoms with Gasteiger partial charge in [-0.15, -0.1) is 0 Å². The maximum atomic E-state index is 12.3. The van der Waals surface area contributed by atoms with Crippen molar-refractivity contribution in [3.8, 4) is 0 Å². The highest BCUT2D eigenvalue weighted by Crippen LogP contribution is 2.33. The van der Waals surface area contributed by atoms with E-state index in [2.05, 4.69) is 11.4 Å². The van der Waals surface area contributed by atoms with Gasteiger partial charge in [-0.05, 0) is 82.4 Å². The molecule has 0 radical (unpaired) electrons. The van der Waals surface area contributed by atoms with E-state index in [0.717, 1.165) is 44.1 Å². The summed E-state index contributed by atoms with van der Waals surface area (Å²) in [5, 5.41) is 2.72. The molecule has 4 nitrogen and oxygen atoms in total. The van der Waals surface area contributed by atoms with Crippen molar-refractivity contribution in [2.75, 3.05) is 5.75 Å². The van der Waals surface area contributed by atoms with Crippen molar-refractivity contribution in [1.82, 2.24) is 5.32 Å². The van der Waals surface area contributed by atoms with Crippen LogP contribution < -0.4 is 5.32 Å². The van der Waals surface area contributed by atoms with E-state index in [-0.39, 0.29) is 17.2 Å². The summed E-state index contributed by atoms with van der Waals surface area (Å²) in [4.78, 5) is 12.2. The lowest BCUT2D eigenvalue weighted by Gasteiger charge is -2.29. The van der Waals surface area contributed by atoms with Crippen molar-refractivity contribution in [2.45, 2.75) is 83.9 Å². The van der Waals surface area contributed by atoms with Gasteiger partial charge in [0.2, 0.25) is 0 Å². The Morgan fingerprint density at radius 1 is 1.11 bits per heavy atom. The number of aryl methyl sites for hydroxylation is 1. The maximum absolute atomic E-state index is 12.3. The summed E-state index contributed by atoms with van der Waals surface area (Å²) in [6.07, 6.45) is 7.08. The Morgan fingerprint density at radius 3 is 2.36 bits per heavy atom. The quantitative estimate of drug-likeness (QED) is 0.641. The third-order valence-electron chi connectivity index (χ3n) is 6.07. The maximum Gasteiger partial charge on any atom is 0.251 e. The molecule has 1 amide bonds. The number of amides is 1. The van der Waals surface area contributed by atoms with E-state index >= 15 is 0 Å². The van der Waals surface area contributed by atoms with Crippen LogP contribution in [0.2, 0.25) is 0 Å². The minimum absolute atomic E-state index is 0.0140. The summed E-state index contributed by atoms with van der Waals surface area (Å²) in [5.41, 5.74) is 1.93. The van der Waals surface area contributed by atoms with Gasteiger partial charge in [-0.2, -0.15) is 0 Å². The Labute approximate surface area is 171 Å². The summed E-state index contributed by atoms with van der Waals surface area (Å²) in [6.45, 7) is 7.70. The normalized spacial score (nSPS) is 21.5. The van der Waals surface area contributed by atoms with Gasteiger partial charge in [0, 0.05) is 11.6 Å².